The molecule has 0 amide bonds. The summed E-state index contributed by atoms with van der Waals surface area (Å²) in [5, 5.41) is 7.69. The highest BCUT2D eigenvalue weighted by atomic mass is 35.5. The Morgan fingerprint density at radius 2 is 2.29 bits per heavy atom. The fraction of sp³-hybridized carbons (Fsp3) is 0.833. The molecule has 1 saturated carbocycles. The molecule has 0 aromatic carbocycles. The van der Waals surface area contributed by atoms with E-state index in [-0.39, 0.29) is 0 Å². The van der Waals surface area contributed by atoms with Crippen LogP contribution < -0.4 is 5.32 Å². The highest BCUT2D eigenvalue weighted by Crippen LogP contribution is 2.45. The molecule has 1 heterocycles. The highest BCUT2D eigenvalue weighted by molar-refractivity contribution is 6.18. The van der Waals surface area contributed by atoms with E-state index in [4.69, 9.17) is 11.6 Å². The minimum absolute atomic E-state index is 0.366. The van der Waals surface area contributed by atoms with E-state index >= 15 is 0 Å². The van der Waals surface area contributed by atoms with Gasteiger partial charge in [-0.15, -0.1) is 11.6 Å². The Morgan fingerprint density at radius 3 is 2.88 bits per heavy atom. The topological polar surface area (TPSA) is 42.7 Å². The maximum absolute atomic E-state index is 5.94. The molecule has 0 bridgehead atoms. The van der Waals surface area contributed by atoms with Gasteiger partial charge in [-0.1, -0.05) is 13.8 Å². The van der Waals surface area contributed by atoms with Crippen molar-refractivity contribution in [3.05, 3.63) is 12.2 Å². The Hall–Kier alpha value is -0.610. The third-order valence-electron chi connectivity index (χ3n) is 3.26. The van der Waals surface area contributed by atoms with Gasteiger partial charge in [0.15, 0.2) is 0 Å². The van der Waals surface area contributed by atoms with Crippen molar-refractivity contribution in [1.29, 1.82) is 0 Å². The maximum Gasteiger partial charge on any atom is 0.140 e. The van der Waals surface area contributed by atoms with E-state index in [1.807, 2.05) is 4.68 Å². The van der Waals surface area contributed by atoms with Crippen molar-refractivity contribution >= 4 is 11.6 Å². The van der Waals surface area contributed by atoms with Gasteiger partial charge in [0.2, 0.25) is 0 Å². The summed E-state index contributed by atoms with van der Waals surface area (Å²) in [4.78, 5) is 4.29. The number of halogens is 1. The molecule has 0 atom stereocenters. The minimum atomic E-state index is 0.366. The zero-order chi connectivity index (χ0) is 12.3. The second kappa shape index (κ2) is 5.36. The largest absolute Gasteiger partial charge is 0.309 e. The number of rotatable bonds is 7. The molecule has 1 N–H and O–H groups in total. The molecule has 4 nitrogen and oxygen atoms in total. The van der Waals surface area contributed by atoms with Crippen molar-refractivity contribution in [1.82, 2.24) is 20.1 Å². The van der Waals surface area contributed by atoms with Crippen molar-refractivity contribution in [2.24, 2.45) is 11.3 Å². The van der Waals surface area contributed by atoms with E-state index in [1.54, 1.807) is 6.33 Å². The molecule has 1 aliphatic rings. The van der Waals surface area contributed by atoms with E-state index in [0.717, 1.165) is 31.3 Å². The van der Waals surface area contributed by atoms with Crippen LogP contribution in [-0.2, 0) is 13.1 Å². The standard InChI is InChI=1S/C12H21ClN4/c1-10(2)6-17-11(15-9-16-17)5-14-8-12(7-13)3-4-12/h9-10,14H,3-8H2,1-2H3. The predicted octanol–water partition coefficient (Wildman–Crippen LogP) is 2.04. The first-order chi connectivity index (χ1) is 8.15. The van der Waals surface area contributed by atoms with Gasteiger partial charge in [-0.05, 0) is 24.2 Å². The lowest BCUT2D eigenvalue weighted by molar-refractivity contribution is 0.444. The quantitative estimate of drug-likeness (QED) is 0.760. The Kier molecular flexibility index (Phi) is 4.05. The second-order valence-electron chi connectivity index (χ2n) is 5.49. The van der Waals surface area contributed by atoms with Gasteiger partial charge in [-0.2, -0.15) is 5.10 Å². The normalized spacial score (nSPS) is 17.6. The van der Waals surface area contributed by atoms with Crippen molar-refractivity contribution in [3.63, 3.8) is 0 Å². The van der Waals surface area contributed by atoms with E-state index in [1.165, 1.54) is 12.8 Å². The maximum atomic E-state index is 5.94. The number of hydrogen-bond donors (Lipinski definition) is 1. The summed E-state index contributed by atoms with van der Waals surface area (Å²) in [6.07, 6.45) is 4.14. The van der Waals surface area contributed by atoms with Crippen LogP contribution in [0.2, 0.25) is 0 Å². The summed E-state index contributed by atoms with van der Waals surface area (Å²) >= 11 is 5.94. The molecule has 0 saturated heterocycles. The van der Waals surface area contributed by atoms with Crippen LogP contribution in [-0.4, -0.2) is 27.2 Å². The van der Waals surface area contributed by atoms with Crippen LogP contribution >= 0.6 is 11.6 Å². The lowest BCUT2D eigenvalue weighted by Crippen LogP contribution is -2.26. The first-order valence-corrected chi connectivity index (χ1v) is 6.82. The van der Waals surface area contributed by atoms with Gasteiger partial charge in [0, 0.05) is 19.0 Å². The van der Waals surface area contributed by atoms with E-state index in [2.05, 4.69) is 29.2 Å². The molecule has 1 aromatic rings. The van der Waals surface area contributed by atoms with Gasteiger partial charge >= 0.3 is 0 Å². The zero-order valence-electron chi connectivity index (χ0n) is 10.6. The number of aromatic nitrogens is 3. The fourth-order valence-electron chi connectivity index (χ4n) is 1.90. The number of nitrogens with one attached hydrogen (secondary N) is 1. The average molecular weight is 257 g/mol. The Balaban J connectivity index is 1.80. The van der Waals surface area contributed by atoms with Gasteiger partial charge in [0.05, 0.1) is 6.54 Å². The number of alkyl halides is 1. The molecular formula is C12H21ClN4. The van der Waals surface area contributed by atoms with Crippen molar-refractivity contribution < 1.29 is 0 Å². The Labute approximate surface area is 108 Å². The number of hydrogen-bond acceptors (Lipinski definition) is 3. The third kappa shape index (κ3) is 3.42. The van der Waals surface area contributed by atoms with Crippen molar-refractivity contribution in [2.75, 3.05) is 12.4 Å². The van der Waals surface area contributed by atoms with Gasteiger partial charge in [-0.3, -0.25) is 0 Å². The average Bonchev–Trinajstić information content (AvgIpc) is 2.94. The van der Waals surface area contributed by atoms with Crippen LogP contribution in [0.5, 0.6) is 0 Å². The van der Waals surface area contributed by atoms with E-state index in [0.29, 0.717) is 11.3 Å². The lowest BCUT2D eigenvalue weighted by atomic mass is 10.1. The molecule has 96 valence electrons. The van der Waals surface area contributed by atoms with Gasteiger partial charge in [0.1, 0.15) is 12.2 Å². The first-order valence-electron chi connectivity index (χ1n) is 6.28. The second-order valence-corrected chi connectivity index (χ2v) is 5.76. The molecule has 0 aliphatic heterocycles. The van der Waals surface area contributed by atoms with Crippen LogP contribution in [0.3, 0.4) is 0 Å². The van der Waals surface area contributed by atoms with Gasteiger partial charge in [0.25, 0.3) is 0 Å². The fourth-order valence-corrected chi connectivity index (χ4v) is 2.26. The molecule has 0 spiro atoms. The molecule has 0 radical (unpaired) electrons. The Bertz CT molecular complexity index is 357. The summed E-state index contributed by atoms with van der Waals surface area (Å²) < 4.78 is 1.98. The lowest BCUT2D eigenvalue weighted by Gasteiger charge is -2.13. The smallest absolute Gasteiger partial charge is 0.140 e. The molecular weight excluding hydrogens is 236 g/mol. The molecule has 1 fully saturated rings. The Morgan fingerprint density at radius 1 is 1.53 bits per heavy atom. The molecule has 1 aliphatic carbocycles. The molecule has 2 rings (SSSR count). The molecule has 5 heteroatoms. The number of nitrogens with zero attached hydrogens (tertiary/aromatic N) is 3. The summed E-state index contributed by atoms with van der Waals surface area (Å²) in [5.41, 5.74) is 0.366. The monoisotopic (exact) mass is 256 g/mol. The summed E-state index contributed by atoms with van der Waals surface area (Å²) in [6.45, 7) is 7.07. The van der Waals surface area contributed by atoms with Gasteiger partial charge < -0.3 is 5.32 Å². The zero-order valence-corrected chi connectivity index (χ0v) is 11.4. The van der Waals surface area contributed by atoms with E-state index < -0.39 is 0 Å². The van der Waals surface area contributed by atoms with Gasteiger partial charge in [-0.25, -0.2) is 9.67 Å². The van der Waals surface area contributed by atoms with Crippen molar-refractivity contribution in [2.45, 2.75) is 39.8 Å². The molecule has 1 aromatic heterocycles. The predicted molar refractivity (Wildman–Crippen MR) is 69.0 cm³/mol. The summed E-state index contributed by atoms with van der Waals surface area (Å²) in [7, 11) is 0. The van der Waals surface area contributed by atoms with Crippen LogP contribution in [0.1, 0.15) is 32.5 Å². The van der Waals surface area contributed by atoms with Crippen LogP contribution in [0, 0.1) is 11.3 Å². The van der Waals surface area contributed by atoms with Crippen LogP contribution in [0.15, 0.2) is 6.33 Å². The summed E-state index contributed by atoms with van der Waals surface area (Å²) in [6, 6.07) is 0. The van der Waals surface area contributed by atoms with Crippen LogP contribution in [0.25, 0.3) is 0 Å². The summed E-state index contributed by atoms with van der Waals surface area (Å²) in [5.74, 6) is 2.37. The van der Waals surface area contributed by atoms with Crippen LogP contribution in [0.4, 0.5) is 0 Å². The van der Waals surface area contributed by atoms with E-state index in [9.17, 15) is 0 Å². The highest BCUT2D eigenvalue weighted by Gasteiger charge is 2.41. The third-order valence-corrected chi connectivity index (χ3v) is 3.82. The minimum Gasteiger partial charge on any atom is -0.309 e. The van der Waals surface area contributed by atoms with Crippen molar-refractivity contribution in [3.8, 4) is 0 Å². The SMILES string of the molecule is CC(C)Cn1ncnc1CNCC1(CCl)CC1. The molecule has 17 heavy (non-hydrogen) atoms. The molecule has 0 unspecified atom stereocenters. The first kappa shape index (κ1) is 12.8.